The van der Waals surface area contributed by atoms with E-state index in [1.165, 1.54) is 0 Å². The molecule has 0 atom stereocenters. The molecular formula is C11H18F2O7S. The molecule has 0 aliphatic rings. The number of halogens is 2. The summed E-state index contributed by atoms with van der Waals surface area (Å²) >= 11 is 0. The zero-order valence-electron chi connectivity index (χ0n) is 12.1. The minimum absolute atomic E-state index is 0.0450. The van der Waals surface area contributed by atoms with Crippen LogP contribution in [0.25, 0.3) is 0 Å². The number of carbonyl (C=O) groups excluding carboxylic acids is 2. The predicted octanol–water partition coefficient (Wildman–Crippen LogP) is 1.24. The van der Waals surface area contributed by atoms with Gasteiger partial charge in [-0.25, -0.2) is 4.79 Å². The Morgan fingerprint density at radius 3 is 1.81 bits per heavy atom. The van der Waals surface area contributed by atoms with Gasteiger partial charge < -0.3 is 9.47 Å². The molecule has 0 spiro atoms. The van der Waals surface area contributed by atoms with Crippen molar-refractivity contribution in [3.63, 3.8) is 0 Å². The first-order valence-corrected chi connectivity index (χ1v) is 7.38. The van der Waals surface area contributed by atoms with E-state index in [-0.39, 0.29) is 5.92 Å². The molecule has 0 aliphatic carbocycles. The summed E-state index contributed by atoms with van der Waals surface area (Å²) in [5.74, 6) is -3.10. The average Bonchev–Trinajstić information content (AvgIpc) is 2.31. The van der Waals surface area contributed by atoms with Crippen LogP contribution in [0, 0.1) is 11.3 Å². The van der Waals surface area contributed by atoms with E-state index in [0.717, 1.165) is 0 Å². The fourth-order valence-electron chi connectivity index (χ4n) is 0.880. The fourth-order valence-corrected chi connectivity index (χ4v) is 1.15. The number of esters is 2. The first-order chi connectivity index (χ1) is 9.24. The van der Waals surface area contributed by atoms with Crippen molar-refractivity contribution in [2.45, 2.75) is 32.9 Å². The lowest BCUT2D eigenvalue weighted by Crippen LogP contribution is -2.39. The number of hydrogen-bond acceptors (Lipinski definition) is 6. The summed E-state index contributed by atoms with van der Waals surface area (Å²) in [6, 6.07) is 0. The van der Waals surface area contributed by atoms with Crippen LogP contribution in [0.1, 0.15) is 27.7 Å². The molecule has 0 aromatic rings. The van der Waals surface area contributed by atoms with E-state index in [4.69, 9.17) is 9.29 Å². The van der Waals surface area contributed by atoms with Crippen molar-refractivity contribution in [3.05, 3.63) is 0 Å². The Kier molecular flexibility index (Phi) is 6.24. The van der Waals surface area contributed by atoms with Crippen molar-refractivity contribution in [2.24, 2.45) is 11.3 Å². The van der Waals surface area contributed by atoms with Gasteiger partial charge in [-0.05, 0) is 19.8 Å². The second kappa shape index (κ2) is 6.65. The zero-order chi connectivity index (χ0) is 17.1. The van der Waals surface area contributed by atoms with Crippen LogP contribution in [-0.4, -0.2) is 43.4 Å². The molecule has 124 valence electrons. The lowest BCUT2D eigenvalue weighted by molar-refractivity contribution is -0.168. The topological polar surface area (TPSA) is 107 Å². The molecular weight excluding hydrogens is 314 g/mol. The highest BCUT2D eigenvalue weighted by Gasteiger charge is 2.54. The lowest BCUT2D eigenvalue weighted by atomic mass is 9.81. The van der Waals surface area contributed by atoms with E-state index < -0.39 is 45.9 Å². The Bertz CT molecular complexity index is 497. The summed E-state index contributed by atoms with van der Waals surface area (Å²) in [6.45, 7) is 5.55. The van der Waals surface area contributed by atoms with Crippen molar-refractivity contribution in [1.29, 1.82) is 0 Å². The molecule has 0 unspecified atom stereocenters. The summed E-state index contributed by atoms with van der Waals surface area (Å²) < 4.78 is 63.0. The second-order valence-electron chi connectivity index (χ2n) is 5.14. The summed E-state index contributed by atoms with van der Waals surface area (Å²) in [4.78, 5) is 22.5. The summed E-state index contributed by atoms with van der Waals surface area (Å²) in [5, 5.41) is -5.06. The Balaban J connectivity index is 4.37. The molecule has 0 radical (unpaired) electrons. The molecule has 0 aromatic carbocycles. The standard InChI is InChI=1S/C11H18F2O7S/c1-7(2)10(3,4)8(14)19-5-6-20-9(15)11(12,13)21(16,17)18/h7H,5-6H2,1-4H3,(H,16,17,18). The van der Waals surface area contributed by atoms with E-state index in [1.807, 2.05) is 0 Å². The molecule has 10 heteroatoms. The van der Waals surface area contributed by atoms with Gasteiger partial charge in [-0.15, -0.1) is 0 Å². The Hall–Kier alpha value is -1.29. The Morgan fingerprint density at radius 1 is 1.10 bits per heavy atom. The number of ether oxygens (including phenoxy) is 2. The molecule has 0 saturated heterocycles. The molecule has 0 rings (SSSR count). The van der Waals surface area contributed by atoms with E-state index in [1.54, 1.807) is 27.7 Å². The number of hydrogen-bond donors (Lipinski definition) is 1. The van der Waals surface area contributed by atoms with Crippen LogP contribution >= 0.6 is 0 Å². The quantitative estimate of drug-likeness (QED) is 0.424. The molecule has 0 bridgehead atoms. The molecule has 0 aromatic heterocycles. The first kappa shape index (κ1) is 19.7. The Labute approximate surface area is 121 Å². The van der Waals surface area contributed by atoms with Crippen molar-refractivity contribution in [2.75, 3.05) is 13.2 Å². The number of carbonyl (C=O) groups is 2. The average molecular weight is 332 g/mol. The maximum atomic E-state index is 12.8. The SMILES string of the molecule is CC(C)C(C)(C)C(=O)OCCOC(=O)C(F)(F)S(=O)(=O)O. The molecule has 0 fully saturated rings. The highest BCUT2D eigenvalue weighted by molar-refractivity contribution is 7.87. The normalized spacial score (nSPS) is 13.1. The van der Waals surface area contributed by atoms with Crippen LogP contribution in [0.3, 0.4) is 0 Å². The van der Waals surface area contributed by atoms with Gasteiger partial charge in [-0.2, -0.15) is 17.2 Å². The van der Waals surface area contributed by atoms with Gasteiger partial charge >= 0.3 is 27.3 Å². The minimum Gasteiger partial charge on any atom is -0.462 e. The van der Waals surface area contributed by atoms with Gasteiger partial charge in [0, 0.05) is 0 Å². The van der Waals surface area contributed by atoms with Gasteiger partial charge in [0.2, 0.25) is 0 Å². The monoisotopic (exact) mass is 332 g/mol. The third-order valence-corrected chi connectivity index (χ3v) is 3.90. The number of alkyl halides is 2. The first-order valence-electron chi connectivity index (χ1n) is 5.94. The van der Waals surface area contributed by atoms with Gasteiger partial charge in [0.1, 0.15) is 13.2 Å². The summed E-state index contributed by atoms with van der Waals surface area (Å²) in [5.41, 5.74) is -0.817. The van der Waals surface area contributed by atoms with E-state index in [2.05, 4.69) is 4.74 Å². The highest BCUT2D eigenvalue weighted by Crippen LogP contribution is 2.27. The van der Waals surface area contributed by atoms with Gasteiger partial charge in [0.05, 0.1) is 5.41 Å². The van der Waals surface area contributed by atoms with Crippen LogP contribution in [-0.2, 0) is 29.2 Å². The molecule has 0 heterocycles. The predicted molar refractivity (Wildman–Crippen MR) is 67.0 cm³/mol. The van der Waals surface area contributed by atoms with Crippen molar-refractivity contribution < 1.29 is 40.8 Å². The third-order valence-electron chi connectivity index (χ3n) is 3.08. The second-order valence-corrected chi connectivity index (χ2v) is 6.60. The molecule has 0 aliphatic heterocycles. The molecule has 1 N–H and O–H groups in total. The summed E-state index contributed by atoms with van der Waals surface area (Å²) in [6.07, 6.45) is 0. The number of rotatable bonds is 7. The van der Waals surface area contributed by atoms with Crippen LogP contribution in [0.2, 0.25) is 0 Å². The van der Waals surface area contributed by atoms with Crippen molar-refractivity contribution in [1.82, 2.24) is 0 Å². The summed E-state index contributed by atoms with van der Waals surface area (Å²) in [7, 11) is -5.91. The molecule has 0 amide bonds. The van der Waals surface area contributed by atoms with Gasteiger partial charge in [0.25, 0.3) is 0 Å². The fraction of sp³-hybridized carbons (Fsp3) is 0.818. The third kappa shape index (κ3) is 4.88. The van der Waals surface area contributed by atoms with Gasteiger partial charge in [0.15, 0.2) is 0 Å². The van der Waals surface area contributed by atoms with Crippen LogP contribution in [0.4, 0.5) is 8.78 Å². The lowest BCUT2D eigenvalue weighted by Gasteiger charge is -2.26. The molecule has 0 saturated carbocycles. The minimum atomic E-state index is -5.91. The van der Waals surface area contributed by atoms with E-state index in [0.29, 0.717) is 0 Å². The zero-order valence-corrected chi connectivity index (χ0v) is 12.9. The Morgan fingerprint density at radius 2 is 1.48 bits per heavy atom. The van der Waals surface area contributed by atoms with Gasteiger partial charge in [-0.3, -0.25) is 9.35 Å². The highest BCUT2D eigenvalue weighted by atomic mass is 32.2. The van der Waals surface area contributed by atoms with Crippen LogP contribution < -0.4 is 0 Å². The van der Waals surface area contributed by atoms with E-state index in [9.17, 15) is 26.8 Å². The largest absolute Gasteiger partial charge is 0.465 e. The maximum Gasteiger partial charge on any atom is 0.465 e. The maximum absolute atomic E-state index is 12.8. The smallest absolute Gasteiger partial charge is 0.462 e. The van der Waals surface area contributed by atoms with Crippen molar-refractivity contribution >= 4 is 22.1 Å². The molecule has 7 nitrogen and oxygen atoms in total. The van der Waals surface area contributed by atoms with Crippen molar-refractivity contribution in [3.8, 4) is 0 Å². The van der Waals surface area contributed by atoms with Crippen LogP contribution in [0.5, 0.6) is 0 Å². The van der Waals surface area contributed by atoms with Crippen LogP contribution in [0.15, 0.2) is 0 Å². The van der Waals surface area contributed by atoms with E-state index >= 15 is 0 Å². The van der Waals surface area contributed by atoms with Gasteiger partial charge in [-0.1, -0.05) is 13.8 Å². The molecule has 21 heavy (non-hydrogen) atoms.